The lowest BCUT2D eigenvalue weighted by Gasteiger charge is -2.30. The van der Waals surface area contributed by atoms with E-state index >= 15 is 0 Å². The van der Waals surface area contributed by atoms with E-state index in [4.69, 9.17) is 4.74 Å². The van der Waals surface area contributed by atoms with Gasteiger partial charge in [-0.3, -0.25) is 9.79 Å². The first-order valence-corrected chi connectivity index (χ1v) is 7.47. The average molecular weight is 300 g/mol. The van der Waals surface area contributed by atoms with Crippen molar-refractivity contribution < 1.29 is 9.53 Å². The molecule has 0 aromatic heterocycles. The van der Waals surface area contributed by atoms with Crippen LogP contribution >= 0.6 is 0 Å². The topological polar surface area (TPSA) is 74.8 Å². The first-order valence-electron chi connectivity index (χ1n) is 7.47. The maximum Gasteiger partial charge on any atom is 0.221 e. The summed E-state index contributed by atoms with van der Waals surface area (Å²) in [6, 6.07) is 0.171. The Bertz CT molecular complexity index is 335. The molecule has 1 unspecified atom stereocenters. The van der Waals surface area contributed by atoms with Crippen LogP contribution in [0, 0.1) is 5.41 Å². The monoisotopic (exact) mass is 300 g/mol. The van der Waals surface area contributed by atoms with Crippen molar-refractivity contribution in [1.82, 2.24) is 16.0 Å². The smallest absolute Gasteiger partial charge is 0.221 e. The van der Waals surface area contributed by atoms with E-state index in [0.717, 1.165) is 0 Å². The Kier molecular flexibility index (Phi) is 9.01. The fourth-order valence-corrected chi connectivity index (χ4v) is 1.84. The van der Waals surface area contributed by atoms with Gasteiger partial charge in [-0.05, 0) is 19.3 Å². The molecule has 1 atom stereocenters. The van der Waals surface area contributed by atoms with Crippen LogP contribution in [0.4, 0.5) is 0 Å². The van der Waals surface area contributed by atoms with E-state index < -0.39 is 0 Å². The average Bonchev–Trinajstić information content (AvgIpc) is 2.34. The molecule has 0 bridgehead atoms. The van der Waals surface area contributed by atoms with Crippen molar-refractivity contribution in [3.8, 4) is 0 Å². The Hall–Kier alpha value is -1.30. The quantitative estimate of drug-likeness (QED) is 0.487. The third-order valence-electron chi connectivity index (χ3n) is 3.02. The molecular formula is C15H32N4O2. The molecule has 0 spiro atoms. The number of hydrogen-bond donors (Lipinski definition) is 3. The Morgan fingerprint density at radius 3 is 2.29 bits per heavy atom. The molecule has 0 saturated heterocycles. The number of carbonyl (C=O) groups excluding carboxylic acids is 1. The second-order valence-corrected chi connectivity index (χ2v) is 6.44. The van der Waals surface area contributed by atoms with Gasteiger partial charge in [0.1, 0.15) is 0 Å². The van der Waals surface area contributed by atoms with Gasteiger partial charge in [-0.1, -0.05) is 20.8 Å². The molecule has 0 radical (unpaired) electrons. The van der Waals surface area contributed by atoms with Crippen molar-refractivity contribution >= 4 is 11.9 Å². The zero-order chi connectivity index (χ0) is 16.5. The number of amides is 1. The minimum atomic E-state index is 0.0393. The molecule has 6 heteroatoms. The Labute approximate surface area is 129 Å². The zero-order valence-corrected chi connectivity index (χ0v) is 14.5. The third-order valence-corrected chi connectivity index (χ3v) is 3.02. The molecule has 0 rings (SSSR count). The predicted octanol–water partition coefficient (Wildman–Crippen LogP) is 1.13. The van der Waals surface area contributed by atoms with Crippen molar-refractivity contribution in [2.75, 3.05) is 27.2 Å². The lowest BCUT2D eigenvalue weighted by atomic mass is 9.89. The highest BCUT2D eigenvalue weighted by molar-refractivity contribution is 5.81. The Morgan fingerprint density at radius 2 is 1.86 bits per heavy atom. The molecular weight excluding hydrogens is 268 g/mol. The largest absolute Gasteiger partial charge is 0.379 e. The van der Waals surface area contributed by atoms with Gasteiger partial charge in [0.2, 0.25) is 5.91 Å². The Morgan fingerprint density at radius 1 is 1.24 bits per heavy atom. The van der Waals surface area contributed by atoms with Crippen LogP contribution in [0.15, 0.2) is 4.99 Å². The van der Waals surface area contributed by atoms with Crippen molar-refractivity contribution in [2.24, 2.45) is 10.4 Å². The minimum Gasteiger partial charge on any atom is -0.379 e. The molecule has 21 heavy (non-hydrogen) atoms. The normalized spacial score (nSPS) is 14.0. The fraction of sp³-hybridized carbons (Fsp3) is 0.867. The van der Waals surface area contributed by atoms with Crippen LogP contribution in [-0.2, 0) is 9.53 Å². The number of methoxy groups -OCH3 is 1. The van der Waals surface area contributed by atoms with Gasteiger partial charge < -0.3 is 20.7 Å². The molecule has 0 saturated carbocycles. The fourth-order valence-electron chi connectivity index (χ4n) is 1.84. The van der Waals surface area contributed by atoms with Crippen molar-refractivity contribution in [3.63, 3.8) is 0 Å². The van der Waals surface area contributed by atoms with Gasteiger partial charge >= 0.3 is 0 Å². The molecule has 1 amide bonds. The first-order chi connectivity index (χ1) is 9.70. The zero-order valence-electron chi connectivity index (χ0n) is 14.5. The van der Waals surface area contributed by atoms with E-state index in [0.29, 0.717) is 25.5 Å². The van der Waals surface area contributed by atoms with Crippen molar-refractivity contribution in [3.05, 3.63) is 0 Å². The number of nitrogens with one attached hydrogen (secondary N) is 3. The van der Waals surface area contributed by atoms with E-state index in [1.54, 1.807) is 14.2 Å². The summed E-state index contributed by atoms with van der Waals surface area (Å²) in [6.07, 6.45) is 0.506. The van der Waals surface area contributed by atoms with Crippen LogP contribution < -0.4 is 16.0 Å². The maximum atomic E-state index is 11.5. The van der Waals surface area contributed by atoms with E-state index in [1.165, 1.54) is 0 Å². The summed E-state index contributed by atoms with van der Waals surface area (Å²) in [5.74, 6) is 0.719. The molecule has 0 aliphatic rings. The summed E-state index contributed by atoms with van der Waals surface area (Å²) in [5, 5.41) is 9.21. The van der Waals surface area contributed by atoms with Crippen LogP contribution in [0.1, 0.15) is 41.0 Å². The third kappa shape index (κ3) is 9.28. The first kappa shape index (κ1) is 19.7. The van der Waals surface area contributed by atoms with E-state index in [2.05, 4.69) is 41.7 Å². The Balaban J connectivity index is 4.11. The number of hydrogen-bond acceptors (Lipinski definition) is 3. The van der Waals surface area contributed by atoms with Crippen LogP contribution in [0.5, 0.6) is 0 Å². The molecule has 3 N–H and O–H groups in total. The lowest BCUT2D eigenvalue weighted by molar-refractivity contribution is -0.121. The van der Waals surface area contributed by atoms with Gasteiger partial charge in [-0.2, -0.15) is 0 Å². The van der Waals surface area contributed by atoms with Gasteiger partial charge in [0.15, 0.2) is 5.96 Å². The van der Waals surface area contributed by atoms with Crippen molar-refractivity contribution in [2.45, 2.75) is 53.2 Å². The van der Waals surface area contributed by atoms with E-state index in [9.17, 15) is 4.79 Å². The second-order valence-electron chi connectivity index (χ2n) is 6.44. The highest BCUT2D eigenvalue weighted by atomic mass is 16.5. The van der Waals surface area contributed by atoms with Crippen LogP contribution in [0.2, 0.25) is 0 Å². The standard InChI is InChI=1S/C15H32N4O2/c1-11(2)19-13(20)8-9-17-14(16-6)18-10-12(21-7)15(3,4)5/h11-12H,8-10H2,1-7H3,(H,19,20)(H2,16,17,18). The second kappa shape index (κ2) is 9.60. The summed E-state index contributed by atoms with van der Waals surface area (Å²) in [7, 11) is 3.42. The molecule has 0 aliphatic heterocycles. The summed E-state index contributed by atoms with van der Waals surface area (Å²) in [6.45, 7) is 11.5. The van der Waals surface area contributed by atoms with Gasteiger partial charge in [0.05, 0.1) is 6.10 Å². The summed E-state index contributed by atoms with van der Waals surface area (Å²) in [5.41, 5.74) is 0.0533. The van der Waals surface area contributed by atoms with Crippen molar-refractivity contribution in [1.29, 1.82) is 0 Å². The molecule has 0 aromatic carbocycles. The van der Waals surface area contributed by atoms with Crippen LogP contribution in [0.25, 0.3) is 0 Å². The summed E-state index contributed by atoms with van der Waals surface area (Å²) < 4.78 is 5.49. The van der Waals surface area contributed by atoms with E-state index in [1.807, 2.05) is 13.8 Å². The molecule has 6 nitrogen and oxygen atoms in total. The summed E-state index contributed by atoms with van der Waals surface area (Å²) in [4.78, 5) is 15.7. The number of ether oxygens (including phenoxy) is 1. The van der Waals surface area contributed by atoms with Crippen LogP contribution in [-0.4, -0.2) is 51.3 Å². The number of carbonyl (C=O) groups is 1. The highest BCUT2D eigenvalue weighted by Gasteiger charge is 2.24. The molecule has 0 aliphatic carbocycles. The van der Waals surface area contributed by atoms with Gasteiger partial charge in [-0.15, -0.1) is 0 Å². The van der Waals surface area contributed by atoms with Gasteiger partial charge in [0.25, 0.3) is 0 Å². The minimum absolute atomic E-state index is 0.0393. The number of aliphatic imine (C=N–C) groups is 1. The summed E-state index contributed by atoms with van der Waals surface area (Å²) >= 11 is 0. The molecule has 124 valence electrons. The van der Waals surface area contributed by atoms with Gasteiger partial charge in [0, 0.05) is 39.7 Å². The molecule has 0 aromatic rings. The van der Waals surface area contributed by atoms with Gasteiger partial charge in [-0.25, -0.2) is 0 Å². The number of guanidine groups is 1. The number of nitrogens with zero attached hydrogens (tertiary/aromatic N) is 1. The highest BCUT2D eigenvalue weighted by Crippen LogP contribution is 2.20. The molecule has 0 heterocycles. The number of rotatable bonds is 7. The van der Waals surface area contributed by atoms with E-state index in [-0.39, 0.29) is 23.5 Å². The predicted molar refractivity (Wildman–Crippen MR) is 87.5 cm³/mol. The maximum absolute atomic E-state index is 11.5. The van der Waals surface area contributed by atoms with Crippen LogP contribution in [0.3, 0.4) is 0 Å². The SMILES string of the molecule is CN=C(NCCC(=O)NC(C)C)NCC(OC)C(C)(C)C. The lowest BCUT2D eigenvalue weighted by Crippen LogP contribution is -2.46. The molecule has 0 fully saturated rings.